The lowest BCUT2D eigenvalue weighted by Crippen LogP contribution is -2.28. The molecule has 0 radical (unpaired) electrons. The first-order chi connectivity index (χ1) is 29.8. The summed E-state index contributed by atoms with van der Waals surface area (Å²) in [6.07, 6.45) is 0. The maximum atomic E-state index is 6.77. The van der Waals surface area contributed by atoms with Crippen LogP contribution in [-0.2, 0) is 5.41 Å². The van der Waals surface area contributed by atoms with E-state index in [4.69, 9.17) is 4.42 Å². The Labute approximate surface area is 347 Å². The van der Waals surface area contributed by atoms with Crippen LogP contribution in [0.3, 0.4) is 0 Å². The van der Waals surface area contributed by atoms with E-state index in [-0.39, 0.29) is 0 Å². The van der Waals surface area contributed by atoms with E-state index in [1.807, 2.05) is 0 Å². The Hall–Kier alpha value is -7.74. The summed E-state index contributed by atoms with van der Waals surface area (Å²) >= 11 is 0. The first-order valence-corrected chi connectivity index (χ1v) is 20.8. The molecule has 0 spiro atoms. The third-order valence-corrected chi connectivity index (χ3v) is 13.3. The van der Waals surface area contributed by atoms with E-state index in [0.29, 0.717) is 0 Å². The molecular weight excluding hydrogens is 725 g/mol. The summed E-state index contributed by atoms with van der Waals surface area (Å²) in [6, 6.07) is 80.5. The van der Waals surface area contributed by atoms with Crippen molar-refractivity contribution < 1.29 is 4.42 Å². The van der Waals surface area contributed by atoms with Crippen LogP contribution in [0.4, 0.5) is 0 Å². The molecule has 1 aliphatic carbocycles. The van der Waals surface area contributed by atoms with Crippen LogP contribution in [0.1, 0.15) is 22.3 Å². The first-order valence-electron chi connectivity index (χ1n) is 20.8. The molecule has 0 fully saturated rings. The number of rotatable bonds is 5. The van der Waals surface area contributed by atoms with Crippen molar-refractivity contribution in [2.75, 3.05) is 0 Å². The van der Waals surface area contributed by atoms with Crippen LogP contribution >= 0.6 is 0 Å². The summed E-state index contributed by atoms with van der Waals surface area (Å²) in [6.45, 7) is 0. The number of benzene rings is 11. The molecule has 0 amide bonds. The van der Waals surface area contributed by atoms with Crippen molar-refractivity contribution in [3.05, 3.63) is 241 Å². The van der Waals surface area contributed by atoms with Gasteiger partial charge in [0.25, 0.3) is 0 Å². The van der Waals surface area contributed by atoms with Crippen LogP contribution in [0.2, 0.25) is 0 Å². The third kappa shape index (κ3) is 4.52. The highest BCUT2D eigenvalue weighted by atomic mass is 16.3. The third-order valence-electron chi connectivity index (χ3n) is 13.3. The Morgan fingerprint density at radius 1 is 0.300 bits per heavy atom. The smallest absolute Gasteiger partial charge is 0.136 e. The molecule has 278 valence electrons. The predicted molar refractivity (Wildman–Crippen MR) is 252 cm³/mol. The number of hydrogen-bond acceptors (Lipinski definition) is 1. The minimum absolute atomic E-state index is 0.502. The average Bonchev–Trinajstić information content (AvgIpc) is 3.85. The van der Waals surface area contributed by atoms with E-state index < -0.39 is 5.41 Å². The van der Waals surface area contributed by atoms with E-state index >= 15 is 0 Å². The van der Waals surface area contributed by atoms with Gasteiger partial charge in [-0.3, -0.25) is 0 Å². The van der Waals surface area contributed by atoms with Gasteiger partial charge in [-0.1, -0.05) is 194 Å². The van der Waals surface area contributed by atoms with Crippen LogP contribution in [0.25, 0.3) is 98.4 Å². The molecule has 0 saturated heterocycles. The van der Waals surface area contributed by atoms with Gasteiger partial charge in [0, 0.05) is 10.8 Å². The molecule has 60 heavy (non-hydrogen) atoms. The monoisotopic (exact) mass is 760 g/mol. The molecule has 0 bridgehead atoms. The minimum atomic E-state index is -0.502. The fourth-order valence-corrected chi connectivity index (χ4v) is 10.9. The number of furan rings is 1. The Kier molecular flexibility index (Phi) is 7.00. The molecular formula is C59H36O. The van der Waals surface area contributed by atoms with Crippen LogP contribution in [0.5, 0.6) is 0 Å². The van der Waals surface area contributed by atoms with Crippen LogP contribution < -0.4 is 0 Å². The van der Waals surface area contributed by atoms with Crippen molar-refractivity contribution >= 4 is 65.0 Å². The minimum Gasteiger partial charge on any atom is -0.456 e. The quantitative estimate of drug-likeness (QED) is 0.159. The van der Waals surface area contributed by atoms with Crippen molar-refractivity contribution in [2.24, 2.45) is 0 Å². The van der Waals surface area contributed by atoms with E-state index in [0.717, 1.165) is 16.7 Å². The molecule has 1 heterocycles. The van der Waals surface area contributed by atoms with E-state index in [1.165, 1.54) is 104 Å². The van der Waals surface area contributed by atoms with Gasteiger partial charge in [0.1, 0.15) is 11.2 Å². The molecule has 1 aliphatic rings. The van der Waals surface area contributed by atoms with Gasteiger partial charge < -0.3 is 4.42 Å². The van der Waals surface area contributed by atoms with Gasteiger partial charge in [-0.05, 0) is 123 Å². The van der Waals surface area contributed by atoms with Gasteiger partial charge >= 0.3 is 0 Å². The van der Waals surface area contributed by atoms with Gasteiger partial charge in [-0.15, -0.1) is 0 Å². The lowest BCUT2D eigenvalue weighted by Gasteiger charge is -2.34. The molecule has 11 aromatic carbocycles. The maximum absolute atomic E-state index is 6.77. The van der Waals surface area contributed by atoms with Crippen molar-refractivity contribution in [1.82, 2.24) is 0 Å². The summed E-state index contributed by atoms with van der Waals surface area (Å²) in [7, 11) is 0. The highest BCUT2D eigenvalue weighted by Gasteiger charge is 2.46. The molecule has 1 heteroatoms. The molecule has 13 rings (SSSR count). The standard InChI is InChI=1S/C59H36O/c1-3-18-41(19-4-1)59(42-20-5-2-6-21-42)51-30-15-31-53-57(51)58-52(59)35-40(36-54(58)60-53)43-26-13-28-45-44(43)27-14-29-46(45)56-49-24-11-9-22-47(49)55(48-23-10-12-25-50(48)56)39-33-32-37-16-7-8-17-38(37)34-39/h1-36H. The normalized spacial score (nSPS) is 13.1. The molecule has 0 saturated carbocycles. The Morgan fingerprint density at radius 2 is 0.833 bits per heavy atom. The fraction of sp³-hybridized carbons (Fsp3) is 0.0169. The summed E-state index contributed by atoms with van der Waals surface area (Å²) in [5, 5.41) is 12.4. The topological polar surface area (TPSA) is 13.1 Å². The highest BCUT2D eigenvalue weighted by molar-refractivity contribution is 6.24. The highest BCUT2D eigenvalue weighted by Crippen LogP contribution is 2.58. The molecule has 0 unspecified atom stereocenters. The SMILES string of the molecule is c1ccc(C2(c3ccccc3)c3cccc4oc5cc(-c6cccc7c(-c8c9ccccc9c(-c9ccc%10ccccc%10c9)c9ccccc89)cccc67)cc2c5c34)cc1. The Morgan fingerprint density at radius 3 is 1.52 bits per heavy atom. The van der Waals surface area contributed by atoms with Crippen LogP contribution in [-0.4, -0.2) is 0 Å². The largest absolute Gasteiger partial charge is 0.456 e. The second-order valence-corrected chi connectivity index (χ2v) is 16.3. The lowest BCUT2D eigenvalue weighted by atomic mass is 9.67. The zero-order chi connectivity index (χ0) is 39.4. The molecule has 0 atom stereocenters. The van der Waals surface area contributed by atoms with E-state index in [2.05, 4.69) is 218 Å². The Balaban J connectivity index is 1.07. The summed E-state index contributed by atoms with van der Waals surface area (Å²) in [4.78, 5) is 0. The second-order valence-electron chi connectivity index (χ2n) is 16.3. The average molecular weight is 761 g/mol. The molecule has 1 nitrogen and oxygen atoms in total. The number of fused-ring (bicyclic) bond motifs is 4. The molecule has 0 aliphatic heterocycles. The van der Waals surface area contributed by atoms with Gasteiger partial charge in [-0.25, -0.2) is 0 Å². The summed E-state index contributed by atoms with van der Waals surface area (Å²) in [5.41, 5.74) is 13.7. The fourth-order valence-electron chi connectivity index (χ4n) is 10.9. The van der Waals surface area contributed by atoms with Gasteiger partial charge in [0.2, 0.25) is 0 Å². The zero-order valence-corrected chi connectivity index (χ0v) is 32.7. The van der Waals surface area contributed by atoms with Crippen LogP contribution in [0, 0.1) is 0 Å². The van der Waals surface area contributed by atoms with Crippen molar-refractivity contribution in [3.8, 4) is 33.4 Å². The van der Waals surface area contributed by atoms with Crippen molar-refractivity contribution in [3.63, 3.8) is 0 Å². The summed E-state index contributed by atoms with van der Waals surface area (Å²) in [5.74, 6) is 0. The molecule has 1 aromatic heterocycles. The van der Waals surface area contributed by atoms with Gasteiger partial charge in [0.05, 0.1) is 5.41 Å². The predicted octanol–water partition coefficient (Wildman–Crippen LogP) is 15.9. The first kappa shape index (κ1) is 33.3. The zero-order valence-electron chi connectivity index (χ0n) is 32.7. The molecule has 0 N–H and O–H groups in total. The van der Waals surface area contributed by atoms with Gasteiger partial charge in [-0.2, -0.15) is 0 Å². The van der Waals surface area contributed by atoms with E-state index in [1.54, 1.807) is 0 Å². The second kappa shape index (κ2) is 12.6. The van der Waals surface area contributed by atoms with E-state index in [9.17, 15) is 0 Å². The van der Waals surface area contributed by atoms with Crippen LogP contribution in [0.15, 0.2) is 223 Å². The lowest BCUT2D eigenvalue weighted by molar-refractivity contribution is 0.664. The Bertz CT molecular complexity index is 3610. The number of hydrogen-bond donors (Lipinski definition) is 0. The maximum Gasteiger partial charge on any atom is 0.136 e. The molecule has 12 aromatic rings. The summed E-state index contributed by atoms with van der Waals surface area (Å²) < 4.78 is 6.77. The van der Waals surface area contributed by atoms with Crippen molar-refractivity contribution in [1.29, 1.82) is 0 Å². The van der Waals surface area contributed by atoms with Gasteiger partial charge in [0.15, 0.2) is 0 Å². The van der Waals surface area contributed by atoms with Crippen molar-refractivity contribution in [2.45, 2.75) is 5.41 Å².